The molecule has 1 heterocycles. The predicted octanol–water partition coefficient (Wildman–Crippen LogP) is 4.00. The zero-order chi connectivity index (χ0) is 16.9. The van der Waals surface area contributed by atoms with Crippen molar-refractivity contribution in [3.8, 4) is 11.5 Å². The van der Waals surface area contributed by atoms with Crippen molar-refractivity contribution in [2.24, 2.45) is 0 Å². The Balaban J connectivity index is 1.67. The monoisotopic (exact) mass is 346 g/mol. The molecule has 24 heavy (non-hydrogen) atoms. The maximum Gasteiger partial charge on any atom is 0.322 e. The van der Waals surface area contributed by atoms with Crippen LogP contribution >= 0.6 is 11.3 Å². The van der Waals surface area contributed by atoms with Gasteiger partial charge in [-0.15, -0.1) is 11.3 Å². The lowest BCUT2D eigenvalue weighted by atomic mass is 10.2. The first-order valence-corrected chi connectivity index (χ1v) is 8.91. The van der Waals surface area contributed by atoms with Crippen molar-refractivity contribution in [1.29, 1.82) is 0 Å². The minimum Gasteiger partial charge on any atom is -0.497 e. The first-order chi connectivity index (χ1) is 11.7. The first-order valence-electron chi connectivity index (χ1n) is 8.03. The smallest absolute Gasteiger partial charge is 0.322 e. The highest BCUT2D eigenvalue weighted by molar-refractivity contribution is 7.09. The van der Waals surface area contributed by atoms with Crippen LogP contribution in [-0.2, 0) is 6.42 Å². The number of amides is 2. The summed E-state index contributed by atoms with van der Waals surface area (Å²) in [6, 6.07) is 9.82. The van der Waals surface area contributed by atoms with Crippen LogP contribution in [-0.4, -0.2) is 37.7 Å². The van der Waals surface area contributed by atoms with E-state index >= 15 is 0 Å². The fraction of sp³-hybridized carbons (Fsp3) is 0.389. The molecule has 1 N–H and O–H groups in total. The third-order valence-electron chi connectivity index (χ3n) is 4.08. The second kappa shape index (κ2) is 7.57. The maximum atomic E-state index is 12.7. The topological polar surface area (TPSA) is 50.8 Å². The molecule has 1 aliphatic rings. The number of nitrogens with zero attached hydrogens (tertiary/aromatic N) is 1. The van der Waals surface area contributed by atoms with Crippen molar-refractivity contribution in [3.63, 3.8) is 0 Å². The van der Waals surface area contributed by atoms with E-state index in [1.807, 2.05) is 17.0 Å². The van der Waals surface area contributed by atoms with Crippen LogP contribution in [0.15, 0.2) is 35.7 Å². The zero-order valence-electron chi connectivity index (χ0n) is 14.0. The first kappa shape index (κ1) is 16.6. The van der Waals surface area contributed by atoms with E-state index in [0.717, 1.165) is 25.8 Å². The fourth-order valence-corrected chi connectivity index (χ4v) is 3.31. The number of hydrogen-bond donors (Lipinski definition) is 1. The molecule has 1 saturated carbocycles. The Labute approximate surface area is 146 Å². The highest BCUT2D eigenvalue weighted by Crippen LogP contribution is 2.31. The van der Waals surface area contributed by atoms with Gasteiger partial charge in [-0.3, -0.25) is 0 Å². The van der Waals surface area contributed by atoms with Crippen molar-refractivity contribution in [2.45, 2.75) is 25.3 Å². The highest BCUT2D eigenvalue weighted by Gasteiger charge is 2.32. The zero-order valence-corrected chi connectivity index (χ0v) is 14.8. The van der Waals surface area contributed by atoms with E-state index in [1.54, 1.807) is 37.7 Å². The minimum absolute atomic E-state index is 0.0717. The number of rotatable bonds is 7. The number of methoxy groups -OCH3 is 2. The lowest BCUT2D eigenvalue weighted by Gasteiger charge is -2.23. The number of anilines is 1. The van der Waals surface area contributed by atoms with Gasteiger partial charge >= 0.3 is 6.03 Å². The van der Waals surface area contributed by atoms with E-state index in [2.05, 4.69) is 16.8 Å². The third-order valence-corrected chi connectivity index (χ3v) is 5.01. The van der Waals surface area contributed by atoms with Crippen LogP contribution < -0.4 is 14.8 Å². The lowest BCUT2D eigenvalue weighted by Crippen LogP contribution is -2.38. The van der Waals surface area contributed by atoms with Crippen molar-refractivity contribution in [2.75, 3.05) is 26.1 Å². The van der Waals surface area contributed by atoms with Crippen LogP contribution in [0.2, 0.25) is 0 Å². The van der Waals surface area contributed by atoms with Gasteiger partial charge in [0.1, 0.15) is 11.5 Å². The van der Waals surface area contributed by atoms with Gasteiger partial charge < -0.3 is 19.7 Å². The molecule has 1 aliphatic carbocycles. The van der Waals surface area contributed by atoms with Crippen molar-refractivity contribution < 1.29 is 14.3 Å². The predicted molar refractivity (Wildman–Crippen MR) is 96.3 cm³/mol. The summed E-state index contributed by atoms with van der Waals surface area (Å²) in [6.07, 6.45) is 3.05. The van der Waals surface area contributed by atoms with Gasteiger partial charge in [0.2, 0.25) is 0 Å². The average Bonchev–Trinajstić information content (AvgIpc) is 3.30. The van der Waals surface area contributed by atoms with Crippen molar-refractivity contribution >= 4 is 23.1 Å². The van der Waals surface area contributed by atoms with Crippen molar-refractivity contribution in [1.82, 2.24) is 4.90 Å². The summed E-state index contributed by atoms with van der Waals surface area (Å²) < 4.78 is 10.5. The molecule has 0 spiro atoms. The van der Waals surface area contributed by atoms with Crippen LogP contribution in [0.3, 0.4) is 0 Å². The van der Waals surface area contributed by atoms with E-state index in [9.17, 15) is 4.79 Å². The van der Waals surface area contributed by atoms with Crippen LogP contribution in [0, 0.1) is 0 Å². The van der Waals surface area contributed by atoms with Gasteiger partial charge in [0, 0.05) is 23.5 Å². The Morgan fingerprint density at radius 3 is 2.75 bits per heavy atom. The highest BCUT2D eigenvalue weighted by atomic mass is 32.1. The molecule has 1 aromatic carbocycles. The number of thiophene rings is 1. The second-order valence-corrected chi connectivity index (χ2v) is 6.78. The molecule has 5 nitrogen and oxygen atoms in total. The molecular formula is C18H22N2O3S. The molecule has 1 aromatic heterocycles. The van der Waals surface area contributed by atoms with Gasteiger partial charge in [-0.25, -0.2) is 4.79 Å². The molecule has 0 unspecified atom stereocenters. The van der Waals surface area contributed by atoms with E-state index in [-0.39, 0.29) is 6.03 Å². The quantitative estimate of drug-likeness (QED) is 0.824. The normalized spacial score (nSPS) is 13.4. The molecule has 0 radical (unpaired) electrons. The van der Waals surface area contributed by atoms with Gasteiger partial charge in [-0.1, -0.05) is 6.07 Å². The Bertz CT molecular complexity index is 684. The van der Waals surface area contributed by atoms with Crippen LogP contribution in [0.4, 0.5) is 10.5 Å². The minimum atomic E-state index is -0.0717. The Morgan fingerprint density at radius 2 is 2.12 bits per heavy atom. The fourth-order valence-electron chi connectivity index (χ4n) is 2.61. The summed E-state index contributed by atoms with van der Waals surface area (Å²) in [4.78, 5) is 15.9. The summed E-state index contributed by atoms with van der Waals surface area (Å²) in [5.74, 6) is 1.29. The Kier molecular flexibility index (Phi) is 5.25. The van der Waals surface area contributed by atoms with Gasteiger partial charge in [0.25, 0.3) is 0 Å². The largest absolute Gasteiger partial charge is 0.497 e. The van der Waals surface area contributed by atoms with Gasteiger partial charge in [0.05, 0.1) is 19.9 Å². The molecular weight excluding hydrogens is 324 g/mol. The summed E-state index contributed by atoms with van der Waals surface area (Å²) in [7, 11) is 3.19. The van der Waals surface area contributed by atoms with E-state index in [4.69, 9.17) is 9.47 Å². The van der Waals surface area contributed by atoms with Crippen LogP contribution in [0.5, 0.6) is 11.5 Å². The molecule has 0 saturated heterocycles. The number of urea groups is 1. The maximum absolute atomic E-state index is 12.7. The summed E-state index contributed by atoms with van der Waals surface area (Å²) in [6.45, 7) is 0.732. The average molecular weight is 346 g/mol. The van der Waals surface area contributed by atoms with Gasteiger partial charge in [0.15, 0.2) is 0 Å². The Hall–Kier alpha value is -2.21. The molecule has 128 valence electrons. The molecule has 0 atom stereocenters. The summed E-state index contributed by atoms with van der Waals surface area (Å²) >= 11 is 1.73. The third kappa shape index (κ3) is 4.00. The number of nitrogens with one attached hydrogen (secondary N) is 1. The standard InChI is InChI=1S/C18H22N2O3S/c1-22-14-7-8-16(17(12-14)23-2)19-18(21)20(13-5-6-13)10-9-15-4-3-11-24-15/h3-4,7-8,11-13H,5-6,9-10H2,1-2H3,(H,19,21). The molecule has 2 aromatic rings. The summed E-state index contributed by atoms with van der Waals surface area (Å²) in [5, 5.41) is 5.04. The van der Waals surface area contributed by atoms with Gasteiger partial charge in [-0.2, -0.15) is 0 Å². The number of carbonyl (C=O) groups excluding carboxylic acids is 1. The molecule has 0 bridgehead atoms. The van der Waals surface area contributed by atoms with Gasteiger partial charge in [-0.05, 0) is 42.8 Å². The SMILES string of the molecule is COc1ccc(NC(=O)N(CCc2cccs2)C2CC2)c(OC)c1. The van der Waals surface area contributed by atoms with Crippen molar-refractivity contribution in [3.05, 3.63) is 40.6 Å². The molecule has 3 rings (SSSR count). The van der Waals surface area contributed by atoms with Crippen LogP contribution in [0.25, 0.3) is 0 Å². The lowest BCUT2D eigenvalue weighted by molar-refractivity contribution is 0.209. The second-order valence-electron chi connectivity index (χ2n) is 5.75. The van der Waals surface area contributed by atoms with E-state index in [1.165, 1.54) is 4.88 Å². The van der Waals surface area contributed by atoms with E-state index < -0.39 is 0 Å². The molecule has 1 fully saturated rings. The number of carbonyl (C=O) groups is 1. The Morgan fingerprint density at radius 1 is 1.29 bits per heavy atom. The molecule has 2 amide bonds. The molecule has 0 aliphatic heterocycles. The number of hydrogen-bond acceptors (Lipinski definition) is 4. The number of benzene rings is 1. The van der Waals surface area contributed by atoms with E-state index in [0.29, 0.717) is 23.2 Å². The number of ether oxygens (including phenoxy) is 2. The summed E-state index contributed by atoms with van der Waals surface area (Å²) in [5.41, 5.74) is 0.657. The van der Waals surface area contributed by atoms with Crippen LogP contribution in [0.1, 0.15) is 17.7 Å². The molecule has 6 heteroatoms.